The molecule has 1 rings (SSSR count). The van der Waals surface area contributed by atoms with Gasteiger partial charge in [-0.05, 0) is 37.4 Å². The molecular formula is C7H14ClNS. The van der Waals surface area contributed by atoms with Crippen LogP contribution >= 0.6 is 21.8 Å². The van der Waals surface area contributed by atoms with Gasteiger partial charge in [-0.2, -0.15) is 0 Å². The van der Waals surface area contributed by atoms with Crippen molar-refractivity contribution in [2.45, 2.75) is 45.2 Å². The van der Waals surface area contributed by atoms with E-state index in [2.05, 4.69) is 18.2 Å². The van der Waals surface area contributed by atoms with Gasteiger partial charge in [0.15, 0.2) is 0 Å². The summed E-state index contributed by atoms with van der Waals surface area (Å²) in [7, 11) is 5.71. The van der Waals surface area contributed by atoms with Gasteiger partial charge in [0.1, 0.15) is 0 Å². The molecule has 0 amide bonds. The molecule has 0 spiro atoms. The maximum atomic E-state index is 5.71. The lowest BCUT2D eigenvalue weighted by atomic mass is 10.0. The lowest BCUT2D eigenvalue weighted by Gasteiger charge is -2.35. The van der Waals surface area contributed by atoms with Gasteiger partial charge >= 0.3 is 0 Å². The molecule has 1 fully saturated rings. The predicted octanol–water partition coefficient (Wildman–Crippen LogP) is 3.05. The molecule has 1 aliphatic heterocycles. The van der Waals surface area contributed by atoms with Crippen LogP contribution in [0.3, 0.4) is 0 Å². The highest BCUT2D eigenvalue weighted by atomic mass is 35.7. The van der Waals surface area contributed by atoms with Crippen molar-refractivity contribution in [1.29, 1.82) is 0 Å². The normalized spacial score (nSPS) is 36.3. The number of halogens is 1. The SMILES string of the molecule is CC1CCCC(C)N1SCl. The van der Waals surface area contributed by atoms with Gasteiger partial charge in [-0.25, -0.2) is 4.31 Å². The Bertz CT molecular complexity index is 99.8. The zero-order valence-corrected chi connectivity index (χ0v) is 8.08. The Labute approximate surface area is 71.7 Å². The van der Waals surface area contributed by atoms with Crippen LogP contribution in [0.25, 0.3) is 0 Å². The molecule has 0 aromatic rings. The fourth-order valence-corrected chi connectivity index (χ4v) is 2.83. The monoisotopic (exact) mass is 179 g/mol. The van der Waals surface area contributed by atoms with Crippen molar-refractivity contribution >= 4 is 21.8 Å². The van der Waals surface area contributed by atoms with Crippen LogP contribution < -0.4 is 0 Å². The molecule has 2 atom stereocenters. The summed E-state index contributed by atoms with van der Waals surface area (Å²) >= 11 is 1.37. The summed E-state index contributed by atoms with van der Waals surface area (Å²) in [6, 6.07) is 1.32. The summed E-state index contributed by atoms with van der Waals surface area (Å²) in [5, 5.41) is 0. The molecule has 0 aliphatic carbocycles. The molecule has 0 aromatic carbocycles. The zero-order chi connectivity index (χ0) is 7.56. The molecule has 0 N–H and O–H groups in total. The predicted molar refractivity (Wildman–Crippen MR) is 48.1 cm³/mol. The highest BCUT2D eigenvalue weighted by Crippen LogP contribution is 2.30. The van der Waals surface area contributed by atoms with Crippen LogP contribution in [0.1, 0.15) is 33.1 Å². The van der Waals surface area contributed by atoms with Crippen LogP contribution in [0.2, 0.25) is 0 Å². The van der Waals surface area contributed by atoms with E-state index in [1.807, 2.05) is 0 Å². The van der Waals surface area contributed by atoms with Gasteiger partial charge in [-0.3, -0.25) is 0 Å². The van der Waals surface area contributed by atoms with Gasteiger partial charge < -0.3 is 0 Å². The molecule has 1 nitrogen and oxygen atoms in total. The van der Waals surface area contributed by atoms with E-state index in [4.69, 9.17) is 10.7 Å². The number of piperidine rings is 1. The number of hydrogen-bond acceptors (Lipinski definition) is 2. The third-order valence-corrected chi connectivity index (χ3v) is 3.55. The molecule has 0 bridgehead atoms. The van der Waals surface area contributed by atoms with Crippen LogP contribution in [0, 0.1) is 0 Å². The standard InChI is InChI=1S/C7H14ClNS/c1-6-4-3-5-7(2)9(6)10-8/h6-7H,3-5H2,1-2H3. The second kappa shape index (κ2) is 3.84. The molecule has 2 unspecified atom stereocenters. The first-order valence-corrected chi connectivity index (χ1v) is 5.42. The minimum atomic E-state index is 0.659. The van der Waals surface area contributed by atoms with Crippen molar-refractivity contribution in [3.63, 3.8) is 0 Å². The van der Waals surface area contributed by atoms with E-state index in [1.165, 1.54) is 30.4 Å². The first-order valence-electron chi connectivity index (χ1n) is 3.82. The molecule has 3 heteroatoms. The second-order valence-electron chi connectivity index (χ2n) is 3.06. The van der Waals surface area contributed by atoms with Gasteiger partial charge in [-0.15, -0.1) is 0 Å². The average molecular weight is 180 g/mol. The van der Waals surface area contributed by atoms with Crippen LogP contribution in [0.5, 0.6) is 0 Å². The molecule has 1 saturated heterocycles. The van der Waals surface area contributed by atoms with Gasteiger partial charge in [0.25, 0.3) is 0 Å². The fraction of sp³-hybridized carbons (Fsp3) is 1.00. The summed E-state index contributed by atoms with van der Waals surface area (Å²) in [6.45, 7) is 4.48. The average Bonchev–Trinajstić information content (AvgIpc) is 1.88. The minimum absolute atomic E-state index is 0.659. The van der Waals surface area contributed by atoms with Gasteiger partial charge in [0, 0.05) is 23.2 Å². The van der Waals surface area contributed by atoms with Crippen molar-refractivity contribution in [2.75, 3.05) is 0 Å². The minimum Gasteiger partial charge on any atom is -0.231 e. The molecule has 60 valence electrons. The van der Waals surface area contributed by atoms with E-state index in [1.54, 1.807) is 0 Å². The summed E-state index contributed by atoms with van der Waals surface area (Å²) in [4.78, 5) is 0. The van der Waals surface area contributed by atoms with E-state index < -0.39 is 0 Å². The zero-order valence-electron chi connectivity index (χ0n) is 6.51. The van der Waals surface area contributed by atoms with Crippen molar-refractivity contribution in [1.82, 2.24) is 4.31 Å². The third kappa shape index (κ3) is 1.80. The Morgan fingerprint density at radius 3 is 2.10 bits per heavy atom. The highest BCUT2D eigenvalue weighted by Gasteiger charge is 2.24. The summed E-state index contributed by atoms with van der Waals surface area (Å²) < 4.78 is 2.28. The summed E-state index contributed by atoms with van der Waals surface area (Å²) in [5.74, 6) is 0. The van der Waals surface area contributed by atoms with Crippen LogP contribution in [0.15, 0.2) is 0 Å². The molecular weight excluding hydrogens is 166 g/mol. The Morgan fingerprint density at radius 2 is 1.80 bits per heavy atom. The van der Waals surface area contributed by atoms with E-state index in [0.29, 0.717) is 12.1 Å². The Balaban J connectivity index is 2.45. The number of hydrogen-bond donors (Lipinski definition) is 0. The lowest BCUT2D eigenvalue weighted by Crippen LogP contribution is -2.37. The summed E-state index contributed by atoms with van der Waals surface area (Å²) in [6.07, 6.45) is 3.95. The van der Waals surface area contributed by atoms with Crippen molar-refractivity contribution < 1.29 is 0 Å². The Morgan fingerprint density at radius 1 is 1.30 bits per heavy atom. The molecule has 10 heavy (non-hydrogen) atoms. The number of rotatable bonds is 1. The maximum absolute atomic E-state index is 5.71. The fourth-order valence-electron chi connectivity index (χ4n) is 1.53. The first-order chi connectivity index (χ1) is 4.75. The molecule has 1 heterocycles. The number of nitrogens with zero attached hydrogens (tertiary/aromatic N) is 1. The van der Waals surface area contributed by atoms with Gasteiger partial charge in [0.2, 0.25) is 0 Å². The highest BCUT2D eigenvalue weighted by molar-refractivity contribution is 8.19. The Kier molecular flexibility index (Phi) is 3.34. The van der Waals surface area contributed by atoms with E-state index in [9.17, 15) is 0 Å². The Hall–Kier alpha value is 0.600. The quantitative estimate of drug-likeness (QED) is 0.570. The van der Waals surface area contributed by atoms with E-state index in [0.717, 1.165) is 0 Å². The van der Waals surface area contributed by atoms with Crippen molar-refractivity contribution in [2.24, 2.45) is 0 Å². The summed E-state index contributed by atoms with van der Waals surface area (Å²) in [5.41, 5.74) is 0. The first kappa shape index (κ1) is 8.69. The molecule has 0 saturated carbocycles. The van der Waals surface area contributed by atoms with Gasteiger partial charge in [0.05, 0.1) is 0 Å². The molecule has 1 aliphatic rings. The van der Waals surface area contributed by atoms with E-state index in [-0.39, 0.29) is 0 Å². The van der Waals surface area contributed by atoms with Crippen molar-refractivity contribution in [3.05, 3.63) is 0 Å². The maximum Gasteiger partial charge on any atom is 0.0312 e. The second-order valence-corrected chi connectivity index (χ2v) is 4.03. The molecule has 0 aromatic heterocycles. The topological polar surface area (TPSA) is 3.24 Å². The van der Waals surface area contributed by atoms with Crippen molar-refractivity contribution in [3.8, 4) is 0 Å². The largest absolute Gasteiger partial charge is 0.231 e. The van der Waals surface area contributed by atoms with Crippen LogP contribution in [-0.2, 0) is 0 Å². The van der Waals surface area contributed by atoms with Crippen LogP contribution in [0.4, 0.5) is 0 Å². The third-order valence-electron chi connectivity index (χ3n) is 2.19. The van der Waals surface area contributed by atoms with Gasteiger partial charge in [-0.1, -0.05) is 6.42 Å². The van der Waals surface area contributed by atoms with Crippen LogP contribution in [-0.4, -0.2) is 16.4 Å². The smallest absolute Gasteiger partial charge is 0.0312 e. The lowest BCUT2D eigenvalue weighted by molar-refractivity contribution is 0.225. The molecule has 0 radical (unpaired) electrons. The van der Waals surface area contributed by atoms with E-state index >= 15 is 0 Å².